The molecule has 2 aliphatic rings. The Morgan fingerprint density at radius 1 is 1.14 bits per heavy atom. The van der Waals surface area contributed by atoms with Crippen LogP contribution in [0, 0.1) is 5.82 Å². The number of hydrogen-bond acceptors (Lipinski definition) is 5. The number of halogens is 2. The maximum absolute atomic E-state index is 14.5. The van der Waals surface area contributed by atoms with Crippen molar-refractivity contribution >= 4 is 17.5 Å². The summed E-state index contributed by atoms with van der Waals surface area (Å²) in [6, 6.07) is 12.6. The van der Waals surface area contributed by atoms with E-state index in [0.29, 0.717) is 12.0 Å². The molecule has 1 N–H and O–H groups in total. The van der Waals surface area contributed by atoms with Gasteiger partial charge < -0.3 is 14.7 Å². The SMILES string of the molecule is CC[C@H]1/C=C/COc2c(ccc(F)c2Cl)[C@@H](c2ccccc2)N2CN1C(=O)c1c(O)c(=O)ccn12. The van der Waals surface area contributed by atoms with Gasteiger partial charge in [-0.25, -0.2) is 4.39 Å². The molecule has 3 aromatic rings. The Hall–Kier alpha value is -3.78. The third-order valence-electron chi connectivity index (χ3n) is 6.38. The van der Waals surface area contributed by atoms with E-state index in [9.17, 15) is 19.1 Å². The number of amides is 1. The van der Waals surface area contributed by atoms with Crippen LogP contribution in [0.4, 0.5) is 4.39 Å². The topological polar surface area (TPSA) is 75.0 Å². The average Bonchev–Trinajstić information content (AvgIpc) is 2.89. The fraction of sp³-hybridized carbons (Fsp3) is 0.231. The molecule has 0 saturated carbocycles. The van der Waals surface area contributed by atoms with Crippen LogP contribution in [0.5, 0.6) is 11.5 Å². The Morgan fingerprint density at radius 2 is 1.91 bits per heavy atom. The first-order chi connectivity index (χ1) is 16.9. The molecule has 9 heteroatoms. The number of hydrogen-bond donors (Lipinski definition) is 1. The monoisotopic (exact) mass is 495 g/mol. The molecule has 2 atom stereocenters. The Labute approximate surface area is 206 Å². The van der Waals surface area contributed by atoms with Crippen LogP contribution in [0.25, 0.3) is 0 Å². The smallest absolute Gasteiger partial charge is 0.278 e. The largest absolute Gasteiger partial charge is 0.502 e. The van der Waals surface area contributed by atoms with Crippen LogP contribution in [-0.2, 0) is 0 Å². The van der Waals surface area contributed by atoms with E-state index < -0.39 is 28.9 Å². The van der Waals surface area contributed by atoms with Gasteiger partial charge in [-0.05, 0) is 30.2 Å². The van der Waals surface area contributed by atoms with E-state index in [1.165, 1.54) is 23.0 Å². The highest BCUT2D eigenvalue weighted by Crippen LogP contribution is 2.41. The number of rotatable bonds is 2. The van der Waals surface area contributed by atoms with Crippen LogP contribution in [0.1, 0.15) is 41.0 Å². The second-order valence-corrected chi connectivity index (χ2v) is 8.76. The number of benzene rings is 2. The van der Waals surface area contributed by atoms with Gasteiger partial charge in [0.1, 0.15) is 35.9 Å². The van der Waals surface area contributed by atoms with Crippen LogP contribution in [0.3, 0.4) is 0 Å². The zero-order valence-electron chi connectivity index (χ0n) is 18.9. The van der Waals surface area contributed by atoms with Crippen molar-refractivity contribution in [3.05, 3.63) is 105 Å². The molecule has 35 heavy (non-hydrogen) atoms. The van der Waals surface area contributed by atoms with Gasteiger partial charge in [-0.3, -0.25) is 19.3 Å². The van der Waals surface area contributed by atoms with Crippen LogP contribution >= 0.6 is 11.6 Å². The van der Waals surface area contributed by atoms with E-state index in [1.54, 1.807) is 17.0 Å². The van der Waals surface area contributed by atoms with Gasteiger partial charge in [-0.1, -0.05) is 54.9 Å². The number of aromatic hydroxyl groups is 1. The van der Waals surface area contributed by atoms with Gasteiger partial charge in [0.25, 0.3) is 5.91 Å². The molecular formula is C26H23ClFN3O4. The van der Waals surface area contributed by atoms with Crippen LogP contribution in [0.15, 0.2) is 71.7 Å². The highest BCUT2D eigenvalue weighted by molar-refractivity contribution is 6.32. The summed E-state index contributed by atoms with van der Waals surface area (Å²) in [6.07, 6.45) is 5.64. The van der Waals surface area contributed by atoms with Crippen molar-refractivity contribution in [2.24, 2.45) is 0 Å². The molecule has 0 saturated heterocycles. The Kier molecular flexibility index (Phi) is 5.98. The van der Waals surface area contributed by atoms with Crippen molar-refractivity contribution in [1.82, 2.24) is 9.58 Å². The highest BCUT2D eigenvalue weighted by Gasteiger charge is 2.39. The predicted octanol–water partition coefficient (Wildman–Crippen LogP) is 4.21. The number of fused-ring (bicyclic) bond motifs is 5. The molecule has 0 aliphatic carbocycles. The molecule has 180 valence electrons. The second kappa shape index (κ2) is 9.11. The fourth-order valence-corrected chi connectivity index (χ4v) is 4.90. The summed E-state index contributed by atoms with van der Waals surface area (Å²) in [7, 11) is 0. The number of nitrogens with zero attached hydrogens (tertiary/aromatic N) is 3. The Balaban J connectivity index is 1.84. The van der Waals surface area contributed by atoms with E-state index in [0.717, 1.165) is 5.56 Å². The minimum absolute atomic E-state index is 0.117. The fourth-order valence-electron chi connectivity index (χ4n) is 4.68. The predicted molar refractivity (Wildman–Crippen MR) is 130 cm³/mol. The normalized spacial score (nSPS) is 20.4. The van der Waals surface area contributed by atoms with Gasteiger partial charge in [0.2, 0.25) is 5.43 Å². The molecule has 0 radical (unpaired) electrons. The van der Waals surface area contributed by atoms with Crippen molar-refractivity contribution in [3.8, 4) is 11.5 Å². The van der Waals surface area contributed by atoms with Crippen LogP contribution < -0.4 is 15.2 Å². The van der Waals surface area contributed by atoms with Gasteiger partial charge in [0.05, 0.1) is 6.04 Å². The first-order valence-corrected chi connectivity index (χ1v) is 11.6. The lowest BCUT2D eigenvalue weighted by Gasteiger charge is -2.45. The summed E-state index contributed by atoms with van der Waals surface area (Å²) in [5, 5.41) is 12.4. The first kappa shape index (κ1) is 23.0. The molecule has 0 fully saturated rings. The van der Waals surface area contributed by atoms with E-state index in [2.05, 4.69) is 0 Å². The maximum Gasteiger partial charge on any atom is 0.278 e. The molecule has 1 aromatic heterocycles. The van der Waals surface area contributed by atoms with Gasteiger partial charge in [-0.2, -0.15) is 0 Å². The molecule has 3 heterocycles. The third-order valence-corrected chi connectivity index (χ3v) is 6.73. The van der Waals surface area contributed by atoms with Crippen molar-refractivity contribution in [1.29, 1.82) is 0 Å². The van der Waals surface area contributed by atoms with Gasteiger partial charge in [-0.15, -0.1) is 0 Å². The quantitative estimate of drug-likeness (QED) is 0.539. The molecular weight excluding hydrogens is 473 g/mol. The first-order valence-electron chi connectivity index (χ1n) is 11.3. The summed E-state index contributed by atoms with van der Waals surface area (Å²) in [6.45, 7) is 2.19. The van der Waals surface area contributed by atoms with Crippen molar-refractivity contribution in [2.45, 2.75) is 25.4 Å². The molecule has 5 rings (SSSR count). The lowest BCUT2D eigenvalue weighted by atomic mass is 9.96. The molecule has 2 bridgehead atoms. The molecule has 0 unspecified atom stereocenters. The average molecular weight is 496 g/mol. The van der Waals surface area contributed by atoms with Gasteiger partial charge in [0.15, 0.2) is 11.4 Å². The molecule has 2 aliphatic heterocycles. The van der Waals surface area contributed by atoms with Crippen molar-refractivity contribution in [3.63, 3.8) is 0 Å². The summed E-state index contributed by atoms with van der Waals surface area (Å²) >= 11 is 6.39. The lowest BCUT2D eigenvalue weighted by Crippen LogP contribution is -2.57. The minimum atomic E-state index is -0.649. The highest BCUT2D eigenvalue weighted by atomic mass is 35.5. The zero-order chi connectivity index (χ0) is 24.7. The zero-order valence-corrected chi connectivity index (χ0v) is 19.7. The Morgan fingerprint density at radius 3 is 2.66 bits per heavy atom. The van der Waals surface area contributed by atoms with Gasteiger partial charge >= 0.3 is 0 Å². The number of ether oxygens (including phenoxy) is 1. The molecule has 0 spiro atoms. The van der Waals surface area contributed by atoms with E-state index >= 15 is 0 Å². The van der Waals surface area contributed by atoms with E-state index in [4.69, 9.17) is 16.3 Å². The molecule has 2 aromatic carbocycles. The summed E-state index contributed by atoms with van der Waals surface area (Å²) in [4.78, 5) is 27.5. The third kappa shape index (κ3) is 3.83. The van der Waals surface area contributed by atoms with Crippen molar-refractivity contribution < 1.29 is 19.0 Å². The van der Waals surface area contributed by atoms with E-state index in [1.807, 2.05) is 48.3 Å². The van der Waals surface area contributed by atoms with Crippen molar-refractivity contribution in [2.75, 3.05) is 18.3 Å². The number of carbonyl (C=O) groups excluding carboxylic acids is 1. The molecule has 1 amide bonds. The number of aromatic nitrogens is 1. The van der Waals surface area contributed by atoms with Gasteiger partial charge in [0, 0.05) is 17.8 Å². The van der Waals surface area contributed by atoms with E-state index in [-0.39, 0.29) is 35.8 Å². The lowest BCUT2D eigenvalue weighted by molar-refractivity contribution is 0.0626. The summed E-state index contributed by atoms with van der Waals surface area (Å²) in [5.74, 6) is -1.51. The summed E-state index contributed by atoms with van der Waals surface area (Å²) < 4.78 is 22.0. The number of carbonyl (C=O) groups is 1. The maximum atomic E-state index is 14.5. The number of pyridine rings is 1. The summed E-state index contributed by atoms with van der Waals surface area (Å²) in [5.41, 5.74) is 0.610. The van der Waals surface area contributed by atoms with Crippen LogP contribution in [0.2, 0.25) is 5.02 Å². The second-order valence-electron chi connectivity index (χ2n) is 8.39. The molecule has 7 nitrogen and oxygen atoms in total. The standard InChI is InChI=1S/C26H23ClFN3O4/c1-2-17-9-6-14-35-25-18(10-11-19(28)21(25)27)22(16-7-4-3-5-8-16)31-15-29(17)26(34)23-24(33)20(32)12-13-30(23)31/h3-13,17,22,33H,2,14-15H2,1H3/b9-6+/t17-,22+/m0/s1. The Bertz CT molecular complexity index is 1380. The minimum Gasteiger partial charge on any atom is -0.502 e. The van der Waals surface area contributed by atoms with Crippen LogP contribution in [-0.4, -0.2) is 39.9 Å².